The Balaban J connectivity index is 1.49. The van der Waals surface area contributed by atoms with Gasteiger partial charge in [-0.1, -0.05) is 18.2 Å². The number of nitriles is 1. The Kier molecular flexibility index (Phi) is 4.08. The maximum absolute atomic E-state index is 12.3. The lowest BCUT2D eigenvalue weighted by Crippen LogP contribution is -2.16. The van der Waals surface area contributed by atoms with Gasteiger partial charge in [0.05, 0.1) is 23.5 Å². The van der Waals surface area contributed by atoms with Crippen molar-refractivity contribution in [3.8, 4) is 6.07 Å². The summed E-state index contributed by atoms with van der Waals surface area (Å²) in [4.78, 5) is 18.9. The molecular weight excluding hydrogens is 324 g/mol. The van der Waals surface area contributed by atoms with Crippen molar-refractivity contribution in [1.29, 1.82) is 5.26 Å². The minimum absolute atomic E-state index is 0.275. The molecule has 2 heterocycles. The first kappa shape index (κ1) is 15.9. The number of anilines is 3. The molecule has 1 aromatic heterocycles. The molecule has 0 radical (unpaired) electrons. The predicted octanol–water partition coefficient (Wildman–Crippen LogP) is 3.90. The standard InChI is InChI=1S/C21H16N4O/c22-13-15-5-7-17(8-6-15)24-21(26)19-10-9-18(14-23-19)25-12-11-16-3-1-2-4-20(16)25/h1-10,14H,11-12H2,(H,24,26). The minimum Gasteiger partial charge on any atom is -0.340 e. The predicted molar refractivity (Wildman–Crippen MR) is 100 cm³/mol. The number of nitrogens with one attached hydrogen (secondary N) is 1. The molecule has 0 fully saturated rings. The summed E-state index contributed by atoms with van der Waals surface area (Å²) in [7, 11) is 0. The van der Waals surface area contributed by atoms with E-state index in [0.717, 1.165) is 18.7 Å². The number of carbonyl (C=O) groups excluding carboxylic acids is 1. The molecule has 0 saturated heterocycles. The zero-order chi connectivity index (χ0) is 17.9. The summed E-state index contributed by atoms with van der Waals surface area (Å²) in [5.74, 6) is -0.275. The Labute approximate surface area is 151 Å². The Morgan fingerprint density at radius 3 is 2.62 bits per heavy atom. The van der Waals surface area contributed by atoms with E-state index in [1.165, 1.54) is 11.3 Å². The van der Waals surface area contributed by atoms with E-state index in [1.807, 2.05) is 18.2 Å². The van der Waals surface area contributed by atoms with E-state index in [4.69, 9.17) is 5.26 Å². The highest BCUT2D eigenvalue weighted by Crippen LogP contribution is 2.33. The second kappa shape index (κ2) is 6.69. The fraction of sp³-hybridized carbons (Fsp3) is 0.0952. The molecule has 5 nitrogen and oxygen atoms in total. The van der Waals surface area contributed by atoms with E-state index in [0.29, 0.717) is 16.9 Å². The highest BCUT2D eigenvalue weighted by atomic mass is 16.1. The van der Waals surface area contributed by atoms with E-state index in [9.17, 15) is 4.79 Å². The summed E-state index contributed by atoms with van der Waals surface area (Å²) in [6.07, 6.45) is 2.74. The van der Waals surface area contributed by atoms with E-state index in [-0.39, 0.29) is 5.91 Å². The van der Waals surface area contributed by atoms with E-state index in [1.54, 1.807) is 36.5 Å². The lowest BCUT2D eigenvalue weighted by Gasteiger charge is -2.19. The van der Waals surface area contributed by atoms with Crippen LogP contribution in [0.25, 0.3) is 0 Å². The summed E-state index contributed by atoms with van der Waals surface area (Å²) in [6, 6.07) is 20.8. The van der Waals surface area contributed by atoms with Gasteiger partial charge in [0.15, 0.2) is 0 Å². The average Bonchev–Trinajstić information content (AvgIpc) is 3.13. The second-order valence-electron chi connectivity index (χ2n) is 6.08. The van der Waals surface area contributed by atoms with Gasteiger partial charge in [0.1, 0.15) is 5.69 Å². The number of amides is 1. The highest BCUT2D eigenvalue weighted by Gasteiger charge is 2.20. The zero-order valence-corrected chi connectivity index (χ0v) is 14.0. The van der Waals surface area contributed by atoms with Crippen LogP contribution in [0.1, 0.15) is 21.6 Å². The van der Waals surface area contributed by atoms with Gasteiger partial charge in [-0.2, -0.15) is 5.26 Å². The van der Waals surface area contributed by atoms with Crippen molar-refractivity contribution in [1.82, 2.24) is 4.98 Å². The molecule has 126 valence electrons. The Morgan fingerprint density at radius 1 is 1.08 bits per heavy atom. The van der Waals surface area contributed by atoms with Gasteiger partial charge in [0, 0.05) is 17.9 Å². The molecular formula is C21H16N4O. The fourth-order valence-electron chi connectivity index (χ4n) is 3.11. The van der Waals surface area contributed by atoms with Crippen LogP contribution in [0.5, 0.6) is 0 Å². The van der Waals surface area contributed by atoms with Crippen LogP contribution >= 0.6 is 0 Å². The molecule has 0 atom stereocenters. The molecule has 3 aromatic rings. The van der Waals surface area contributed by atoms with Crippen LogP contribution in [0.2, 0.25) is 0 Å². The summed E-state index contributed by atoms with van der Waals surface area (Å²) >= 11 is 0. The van der Waals surface area contributed by atoms with Gasteiger partial charge in [-0.25, -0.2) is 4.98 Å². The number of pyridine rings is 1. The van der Waals surface area contributed by atoms with Gasteiger partial charge in [-0.15, -0.1) is 0 Å². The number of carbonyl (C=O) groups is 1. The van der Waals surface area contributed by atoms with Crippen LogP contribution in [-0.2, 0) is 6.42 Å². The van der Waals surface area contributed by atoms with Crippen LogP contribution in [0.4, 0.5) is 17.1 Å². The molecule has 0 saturated carbocycles. The third kappa shape index (κ3) is 3.01. The van der Waals surface area contributed by atoms with Crippen molar-refractivity contribution in [2.75, 3.05) is 16.8 Å². The summed E-state index contributed by atoms with van der Waals surface area (Å²) in [5, 5.41) is 11.6. The number of benzene rings is 2. The molecule has 1 aliphatic heterocycles. The first-order chi connectivity index (χ1) is 12.7. The third-order valence-corrected chi connectivity index (χ3v) is 4.45. The van der Waals surface area contributed by atoms with Gasteiger partial charge in [0.25, 0.3) is 5.91 Å². The number of hydrogen-bond acceptors (Lipinski definition) is 4. The maximum atomic E-state index is 12.3. The molecule has 5 heteroatoms. The molecule has 2 aromatic carbocycles. The van der Waals surface area contributed by atoms with Gasteiger partial charge in [0.2, 0.25) is 0 Å². The largest absolute Gasteiger partial charge is 0.340 e. The number of nitrogens with zero attached hydrogens (tertiary/aromatic N) is 3. The maximum Gasteiger partial charge on any atom is 0.274 e. The van der Waals surface area contributed by atoms with Gasteiger partial charge >= 0.3 is 0 Å². The monoisotopic (exact) mass is 340 g/mol. The number of rotatable bonds is 3. The molecule has 1 N–H and O–H groups in total. The molecule has 0 spiro atoms. The number of hydrogen-bond donors (Lipinski definition) is 1. The van der Waals surface area contributed by atoms with Crippen molar-refractivity contribution in [2.45, 2.75) is 6.42 Å². The van der Waals surface area contributed by atoms with Crippen molar-refractivity contribution >= 4 is 23.0 Å². The Bertz CT molecular complexity index is 988. The van der Waals surface area contributed by atoms with Gasteiger partial charge in [-0.05, 0) is 54.4 Å². The molecule has 26 heavy (non-hydrogen) atoms. The summed E-state index contributed by atoms with van der Waals surface area (Å²) in [6.45, 7) is 0.914. The van der Waals surface area contributed by atoms with Crippen LogP contribution < -0.4 is 10.2 Å². The molecule has 0 aliphatic carbocycles. The van der Waals surface area contributed by atoms with E-state index in [2.05, 4.69) is 33.4 Å². The van der Waals surface area contributed by atoms with Crippen molar-refractivity contribution in [3.63, 3.8) is 0 Å². The first-order valence-electron chi connectivity index (χ1n) is 8.37. The normalized spacial score (nSPS) is 12.3. The van der Waals surface area contributed by atoms with Crippen molar-refractivity contribution in [3.05, 3.63) is 83.7 Å². The number of para-hydroxylation sites is 1. The van der Waals surface area contributed by atoms with Gasteiger partial charge in [-0.3, -0.25) is 4.79 Å². The fourth-order valence-corrected chi connectivity index (χ4v) is 3.11. The third-order valence-electron chi connectivity index (χ3n) is 4.45. The van der Waals surface area contributed by atoms with Crippen LogP contribution in [0.3, 0.4) is 0 Å². The molecule has 1 amide bonds. The average molecular weight is 340 g/mol. The number of fused-ring (bicyclic) bond motifs is 1. The SMILES string of the molecule is N#Cc1ccc(NC(=O)c2ccc(N3CCc4ccccc43)cn2)cc1. The second-order valence-corrected chi connectivity index (χ2v) is 6.08. The smallest absolute Gasteiger partial charge is 0.274 e. The molecule has 1 aliphatic rings. The first-order valence-corrected chi connectivity index (χ1v) is 8.37. The van der Waals surface area contributed by atoms with Crippen LogP contribution in [0.15, 0.2) is 66.9 Å². The minimum atomic E-state index is -0.275. The molecule has 4 rings (SSSR count). The lowest BCUT2D eigenvalue weighted by molar-refractivity contribution is 0.102. The van der Waals surface area contributed by atoms with Crippen LogP contribution in [0, 0.1) is 11.3 Å². The lowest BCUT2D eigenvalue weighted by atomic mass is 10.2. The van der Waals surface area contributed by atoms with Crippen molar-refractivity contribution in [2.24, 2.45) is 0 Å². The van der Waals surface area contributed by atoms with Crippen LogP contribution in [-0.4, -0.2) is 17.4 Å². The Hall–Kier alpha value is -3.65. The van der Waals surface area contributed by atoms with Gasteiger partial charge < -0.3 is 10.2 Å². The van der Waals surface area contributed by atoms with Crippen molar-refractivity contribution < 1.29 is 4.79 Å². The quantitative estimate of drug-likeness (QED) is 0.785. The molecule has 0 unspecified atom stereocenters. The van der Waals surface area contributed by atoms with E-state index < -0.39 is 0 Å². The summed E-state index contributed by atoms with van der Waals surface area (Å²) in [5.41, 5.74) is 5.04. The topological polar surface area (TPSA) is 69.0 Å². The molecule has 0 bridgehead atoms. The highest BCUT2D eigenvalue weighted by molar-refractivity contribution is 6.03. The zero-order valence-electron chi connectivity index (χ0n) is 14.0. The Morgan fingerprint density at radius 2 is 1.88 bits per heavy atom. The number of aromatic nitrogens is 1. The summed E-state index contributed by atoms with van der Waals surface area (Å²) < 4.78 is 0. The van der Waals surface area contributed by atoms with E-state index >= 15 is 0 Å².